The van der Waals surface area contributed by atoms with Crippen LogP contribution in [0.2, 0.25) is 5.02 Å². The first-order chi connectivity index (χ1) is 10.1. The minimum atomic E-state index is -0.0591. The van der Waals surface area contributed by atoms with Gasteiger partial charge in [0, 0.05) is 26.1 Å². The van der Waals surface area contributed by atoms with E-state index in [-0.39, 0.29) is 24.5 Å². The minimum Gasteiger partial charge on any atom is -0.482 e. The van der Waals surface area contributed by atoms with Crippen molar-refractivity contribution >= 4 is 23.4 Å². The molecule has 21 heavy (non-hydrogen) atoms. The number of piperidine rings is 1. The molecule has 1 heterocycles. The maximum atomic E-state index is 12.1. The quantitative estimate of drug-likeness (QED) is 0.923. The molecule has 1 fully saturated rings. The Morgan fingerprint density at radius 3 is 2.62 bits per heavy atom. The minimum absolute atomic E-state index is 0.0193. The molecule has 0 aliphatic carbocycles. The van der Waals surface area contributed by atoms with E-state index in [1.807, 2.05) is 12.1 Å². The van der Waals surface area contributed by atoms with Gasteiger partial charge < -0.3 is 15.0 Å². The monoisotopic (exact) mass is 310 g/mol. The number of nitrogens with one attached hydrogen (secondary N) is 1. The average molecular weight is 311 g/mol. The van der Waals surface area contributed by atoms with Crippen LogP contribution in [0.15, 0.2) is 24.3 Å². The van der Waals surface area contributed by atoms with Crippen molar-refractivity contribution in [3.05, 3.63) is 29.3 Å². The molecular formula is C15H19ClN2O3. The molecule has 5 nitrogen and oxygen atoms in total. The highest BCUT2D eigenvalue weighted by molar-refractivity contribution is 6.32. The summed E-state index contributed by atoms with van der Waals surface area (Å²) in [6.45, 7) is 2.76. The summed E-state index contributed by atoms with van der Waals surface area (Å²) in [6, 6.07) is 7.24. The maximum absolute atomic E-state index is 12.1. The van der Waals surface area contributed by atoms with Gasteiger partial charge in [0.05, 0.1) is 5.02 Å². The van der Waals surface area contributed by atoms with E-state index in [0.717, 1.165) is 12.8 Å². The van der Waals surface area contributed by atoms with Gasteiger partial charge in [-0.15, -0.1) is 0 Å². The summed E-state index contributed by atoms with van der Waals surface area (Å²) in [5.74, 6) is 0.429. The van der Waals surface area contributed by atoms with Crippen LogP contribution in [0.25, 0.3) is 0 Å². The second-order valence-electron chi connectivity index (χ2n) is 5.07. The van der Waals surface area contributed by atoms with Crippen LogP contribution in [0.5, 0.6) is 5.75 Å². The molecule has 0 aromatic heterocycles. The molecule has 0 atom stereocenters. The van der Waals surface area contributed by atoms with Gasteiger partial charge in [-0.05, 0) is 25.0 Å². The van der Waals surface area contributed by atoms with Gasteiger partial charge in [-0.1, -0.05) is 23.7 Å². The molecule has 114 valence electrons. The van der Waals surface area contributed by atoms with Gasteiger partial charge in [0.25, 0.3) is 5.91 Å². The Morgan fingerprint density at radius 2 is 2.00 bits per heavy atom. The van der Waals surface area contributed by atoms with Gasteiger partial charge >= 0.3 is 0 Å². The first kappa shape index (κ1) is 15.6. The fourth-order valence-electron chi connectivity index (χ4n) is 2.35. The summed E-state index contributed by atoms with van der Waals surface area (Å²) in [5, 5.41) is 3.38. The summed E-state index contributed by atoms with van der Waals surface area (Å²) >= 11 is 5.97. The Morgan fingerprint density at radius 1 is 1.33 bits per heavy atom. The third-order valence-corrected chi connectivity index (χ3v) is 3.76. The molecular weight excluding hydrogens is 292 g/mol. The molecule has 0 saturated carbocycles. The van der Waals surface area contributed by atoms with E-state index in [1.165, 1.54) is 6.92 Å². The molecule has 1 aromatic carbocycles. The lowest BCUT2D eigenvalue weighted by Crippen LogP contribution is -2.47. The maximum Gasteiger partial charge on any atom is 0.260 e. The molecule has 0 bridgehead atoms. The van der Waals surface area contributed by atoms with Crippen LogP contribution in [0, 0.1) is 0 Å². The van der Waals surface area contributed by atoms with Crippen molar-refractivity contribution in [3.8, 4) is 5.75 Å². The van der Waals surface area contributed by atoms with E-state index in [2.05, 4.69) is 5.32 Å². The number of halogens is 1. The summed E-state index contributed by atoms with van der Waals surface area (Å²) in [6.07, 6.45) is 1.55. The fourth-order valence-corrected chi connectivity index (χ4v) is 2.54. The van der Waals surface area contributed by atoms with Gasteiger partial charge in [0.2, 0.25) is 5.91 Å². The summed E-state index contributed by atoms with van der Waals surface area (Å²) < 4.78 is 5.45. The number of carbonyl (C=O) groups excluding carboxylic acids is 2. The van der Waals surface area contributed by atoms with E-state index >= 15 is 0 Å². The van der Waals surface area contributed by atoms with E-state index < -0.39 is 0 Å². The van der Waals surface area contributed by atoms with Crippen LogP contribution in [0.4, 0.5) is 0 Å². The summed E-state index contributed by atoms with van der Waals surface area (Å²) in [4.78, 5) is 24.8. The largest absolute Gasteiger partial charge is 0.482 e. The van der Waals surface area contributed by atoms with Crippen LogP contribution in [0.3, 0.4) is 0 Å². The third kappa shape index (κ3) is 4.63. The summed E-state index contributed by atoms with van der Waals surface area (Å²) in [7, 11) is 0. The van der Waals surface area contributed by atoms with E-state index in [4.69, 9.17) is 16.3 Å². The van der Waals surface area contributed by atoms with Gasteiger partial charge in [-0.2, -0.15) is 0 Å². The van der Waals surface area contributed by atoms with Crippen molar-refractivity contribution in [2.75, 3.05) is 19.7 Å². The zero-order valence-electron chi connectivity index (χ0n) is 12.0. The molecule has 1 aromatic rings. The number of para-hydroxylation sites is 1. The number of likely N-dealkylation sites (tertiary alicyclic amines) is 1. The zero-order valence-corrected chi connectivity index (χ0v) is 12.7. The Labute approximate surface area is 129 Å². The number of carbonyl (C=O) groups is 2. The van der Waals surface area contributed by atoms with Gasteiger partial charge in [0.15, 0.2) is 6.61 Å². The Hall–Kier alpha value is -1.75. The number of hydrogen-bond donors (Lipinski definition) is 1. The number of amides is 2. The number of rotatable bonds is 4. The van der Waals surface area contributed by atoms with Gasteiger partial charge in [-0.3, -0.25) is 9.59 Å². The molecule has 1 aliphatic heterocycles. The van der Waals surface area contributed by atoms with Crippen molar-refractivity contribution in [2.24, 2.45) is 0 Å². The van der Waals surface area contributed by atoms with Gasteiger partial charge in [-0.25, -0.2) is 0 Å². The first-order valence-corrected chi connectivity index (χ1v) is 7.36. The molecule has 0 spiro atoms. The highest BCUT2D eigenvalue weighted by Gasteiger charge is 2.23. The molecule has 1 aliphatic rings. The Balaban J connectivity index is 1.77. The van der Waals surface area contributed by atoms with Crippen LogP contribution in [0.1, 0.15) is 19.8 Å². The van der Waals surface area contributed by atoms with Crippen molar-refractivity contribution in [1.29, 1.82) is 0 Å². The third-order valence-electron chi connectivity index (χ3n) is 3.44. The number of nitrogens with zero attached hydrogens (tertiary/aromatic N) is 1. The highest BCUT2D eigenvalue weighted by atomic mass is 35.5. The lowest BCUT2D eigenvalue weighted by atomic mass is 10.1. The molecule has 2 amide bonds. The molecule has 1 N–H and O–H groups in total. The molecule has 0 radical (unpaired) electrons. The van der Waals surface area contributed by atoms with Crippen LogP contribution in [-0.2, 0) is 9.59 Å². The lowest BCUT2D eigenvalue weighted by Gasteiger charge is -2.32. The predicted molar refractivity (Wildman–Crippen MR) is 80.4 cm³/mol. The molecule has 0 unspecified atom stereocenters. The second kappa shape index (κ2) is 7.31. The molecule has 6 heteroatoms. The van der Waals surface area contributed by atoms with Crippen molar-refractivity contribution in [1.82, 2.24) is 10.2 Å². The van der Waals surface area contributed by atoms with E-state index in [1.54, 1.807) is 17.0 Å². The Bertz CT molecular complexity index is 513. The van der Waals surface area contributed by atoms with Crippen molar-refractivity contribution in [3.63, 3.8) is 0 Å². The van der Waals surface area contributed by atoms with Crippen LogP contribution >= 0.6 is 11.6 Å². The standard InChI is InChI=1S/C15H19ClN2O3/c1-11(19)17-12-6-8-18(9-7-12)15(20)10-21-14-5-3-2-4-13(14)16/h2-5,12H,6-10H2,1H3,(H,17,19). The van der Waals surface area contributed by atoms with Gasteiger partial charge in [0.1, 0.15) is 5.75 Å². The number of ether oxygens (including phenoxy) is 1. The highest BCUT2D eigenvalue weighted by Crippen LogP contribution is 2.23. The predicted octanol–water partition coefficient (Wildman–Crippen LogP) is 1.85. The van der Waals surface area contributed by atoms with Crippen molar-refractivity contribution < 1.29 is 14.3 Å². The molecule has 2 rings (SSSR count). The van der Waals surface area contributed by atoms with Crippen molar-refractivity contribution in [2.45, 2.75) is 25.8 Å². The van der Waals surface area contributed by atoms with E-state index in [9.17, 15) is 9.59 Å². The lowest BCUT2D eigenvalue weighted by molar-refractivity contribution is -0.134. The molecule has 1 saturated heterocycles. The Kier molecular flexibility index (Phi) is 5.44. The SMILES string of the molecule is CC(=O)NC1CCN(C(=O)COc2ccccc2Cl)CC1. The zero-order chi connectivity index (χ0) is 15.2. The smallest absolute Gasteiger partial charge is 0.260 e. The number of benzene rings is 1. The van der Waals surface area contributed by atoms with E-state index in [0.29, 0.717) is 23.9 Å². The summed E-state index contributed by atoms with van der Waals surface area (Å²) in [5.41, 5.74) is 0. The fraction of sp³-hybridized carbons (Fsp3) is 0.467. The average Bonchev–Trinajstić information content (AvgIpc) is 2.46. The first-order valence-electron chi connectivity index (χ1n) is 6.98. The van der Waals surface area contributed by atoms with Crippen LogP contribution < -0.4 is 10.1 Å². The second-order valence-corrected chi connectivity index (χ2v) is 5.48. The topological polar surface area (TPSA) is 58.6 Å². The normalized spacial score (nSPS) is 15.6. The number of hydrogen-bond acceptors (Lipinski definition) is 3. The van der Waals surface area contributed by atoms with Crippen LogP contribution in [-0.4, -0.2) is 42.5 Å².